The topological polar surface area (TPSA) is 95.8 Å². The molecule has 1 aromatic carbocycles. The summed E-state index contributed by atoms with van der Waals surface area (Å²) in [6, 6.07) is 2.60. The highest BCUT2D eigenvalue weighted by Crippen LogP contribution is 2.42. The van der Waals surface area contributed by atoms with Crippen molar-refractivity contribution >= 4 is 28.3 Å². The molecule has 0 saturated carbocycles. The third-order valence-corrected chi connectivity index (χ3v) is 8.93. The number of piperazine rings is 1. The molecule has 0 spiro atoms. The fourth-order valence-electron chi connectivity index (χ4n) is 6.82. The molecule has 0 amide bonds. The van der Waals surface area contributed by atoms with Crippen LogP contribution >= 0.6 is 11.6 Å². The minimum Gasteiger partial charge on any atom is -0.508 e. The van der Waals surface area contributed by atoms with Gasteiger partial charge >= 0.3 is 12.2 Å². The first kappa shape index (κ1) is 24.3. The molecule has 7 rings (SSSR count). The lowest BCUT2D eigenvalue weighted by Crippen LogP contribution is -2.51. The highest BCUT2D eigenvalue weighted by Gasteiger charge is 2.49. The number of phenolic OH excluding ortho intramolecular Hbond substituents is 1. The third kappa shape index (κ3) is 4.65. The number of anilines is 1. The second-order valence-electron chi connectivity index (χ2n) is 11.4. The van der Waals surface area contributed by atoms with Crippen LogP contribution in [0.15, 0.2) is 29.2 Å². The lowest BCUT2D eigenvalue weighted by molar-refractivity contribution is -0.137. The normalized spacial score (nSPS) is 30.8. The average Bonchev–Trinajstić information content (AvgIpc) is 3.56. The Morgan fingerprint density at radius 2 is 2.00 bits per heavy atom. The van der Waals surface area contributed by atoms with E-state index in [2.05, 4.69) is 15.3 Å². The van der Waals surface area contributed by atoms with Gasteiger partial charge in [-0.1, -0.05) is 11.6 Å². The van der Waals surface area contributed by atoms with Crippen molar-refractivity contribution in [2.45, 2.75) is 62.1 Å². The number of halogens is 5. The lowest BCUT2D eigenvalue weighted by atomic mass is 9.95. The molecule has 4 aliphatic heterocycles. The molecular weight excluding hydrogens is 580 g/mol. The summed E-state index contributed by atoms with van der Waals surface area (Å²) >= 11 is 5.88. The Hall–Kier alpha value is -3.16. The second kappa shape index (κ2) is 9.95. The van der Waals surface area contributed by atoms with Gasteiger partial charge in [0, 0.05) is 50.4 Å². The number of hydrogen-bond donors (Lipinski definition) is 2. The molecule has 14 heteroatoms. The summed E-state index contributed by atoms with van der Waals surface area (Å²) < 4.78 is 89.5. The number of ether oxygens (including phenoxy) is 1. The van der Waals surface area contributed by atoms with E-state index in [4.69, 9.17) is 20.5 Å². The zero-order valence-corrected chi connectivity index (χ0v) is 23.0. The summed E-state index contributed by atoms with van der Waals surface area (Å²) in [7, 11) is 0. The van der Waals surface area contributed by atoms with Gasteiger partial charge in [-0.25, -0.2) is 4.39 Å². The molecule has 2 aromatic heterocycles. The van der Waals surface area contributed by atoms with E-state index in [0.717, 1.165) is 31.2 Å². The summed E-state index contributed by atoms with van der Waals surface area (Å²) in [5, 5.41) is 13.0. The number of aromatic nitrogens is 3. The number of nitrogens with zero attached hydrogens (tertiary/aromatic N) is 5. The van der Waals surface area contributed by atoms with Crippen LogP contribution in [0, 0.1) is 0 Å². The van der Waals surface area contributed by atoms with Gasteiger partial charge in [0.2, 0.25) is 0 Å². The van der Waals surface area contributed by atoms with E-state index in [1.807, 2.05) is 4.90 Å². The fraction of sp³-hybridized carbons (Fsp3) is 0.536. The van der Waals surface area contributed by atoms with Gasteiger partial charge in [-0.05, 0) is 44.4 Å². The first-order valence-electron chi connectivity index (χ1n) is 15.2. The highest BCUT2D eigenvalue weighted by atomic mass is 35.5. The van der Waals surface area contributed by atoms with Crippen LogP contribution in [-0.4, -0.2) is 81.0 Å². The molecule has 224 valence electrons. The number of pyridine rings is 1. The second-order valence-corrected chi connectivity index (χ2v) is 11.8. The smallest absolute Gasteiger partial charge is 0.419 e. The van der Waals surface area contributed by atoms with Crippen molar-refractivity contribution in [3.63, 3.8) is 0 Å². The number of nitrogens with one attached hydrogen (secondary N) is 1. The Bertz CT molecular complexity index is 1750. The van der Waals surface area contributed by atoms with Gasteiger partial charge in [0.1, 0.15) is 29.8 Å². The van der Waals surface area contributed by atoms with E-state index >= 15 is 0 Å². The van der Waals surface area contributed by atoms with E-state index in [1.165, 1.54) is 6.07 Å². The summed E-state index contributed by atoms with van der Waals surface area (Å²) in [6.45, 7) is -1.51. The number of phenols is 1. The zero-order valence-electron chi connectivity index (χ0n) is 25.2. The Labute approximate surface area is 247 Å². The predicted octanol–water partition coefficient (Wildman–Crippen LogP) is 4.05. The SMILES string of the molecule is [2H]C([2H])(Oc1nc(N2C[C@H]3CC[C@@H](C2)N3)c2ccn(-c3cc(O)cc(Cl)c3C(F)(F)F)c(=O)c2n1)[C@@]12CCCN1C[C@]([2H])(F)C2. The van der Waals surface area contributed by atoms with Crippen LogP contribution in [0.4, 0.5) is 23.4 Å². The van der Waals surface area contributed by atoms with Crippen LogP contribution in [0.1, 0.15) is 41.8 Å². The number of aromatic hydroxyl groups is 1. The van der Waals surface area contributed by atoms with Crippen LogP contribution in [0.5, 0.6) is 11.8 Å². The minimum atomic E-state index is -4.98. The maximum Gasteiger partial charge on any atom is 0.419 e. The molecule has 2 N–H and O–H groups in total. The van der Waals surface area contributed by atoms with Crippen molar-refractivity contribution in [1.29, 1.82) is 0 Å². The summed E-state index contributed by atoms with van der Waals surface area (Å²) in [5.74, 6) is -0.354. The first-order chi connectivity index (χ1) is 21.1. The van der Waals surface area contributed by atoms with Crippen molar-refractivity contribution in [2.24, 2.45) is 0 Å². The van der Waals surface area contributed by atoms with Crippen molar-refractivity contribution in [3.05, 3.63) is 45.3 Å². The van der Waals surface area contributed by atoms with Gasteiger partial charge in [0.15, 0.2) is 0 Å². The molecule has 0 unspecified atom stereocenters. The lowest BCUT2D eigenvalue weighted by Gasteiger charge is -2.34. The number of alkyl halides is 4. The average molecular weight is 612 g/mol. The van der Waals surface area contributed by atoms with E-state index in [0.29, 0.717) is 30.6 Å². The molecular formula is C28H29ClF4N6O3. The van der Waals surface area contributed by atoms with E-state index in [9.17, 15) is 27.5 Å². The number of hydrogen-bond acceptors (Lipinski definition) is 8. The summed E-state index contributed by atoms with van der Waals surface area (Å²) in [6.07, 6.45) is -4.08. The number of benzene rings is 1. The van der Waals surface area contributed by atoms with Crippen molar-refractivity contribution in [2.75, 3.05) is 37.6 Å². The van der Waals surface area contributed by atoms with Crippen LogP contribution < -0.4 is 20.5 Å². The van der Waals surface area contributed by atoms with Gasteiger partial charge in [-0.15, -0.1) is 0 Å². The first-order valence-corrected chi connectivity index (χ1v) is 14.1. The Morgan fingerprint density at radius 3 is 2.74 bits per heavy atom. The van der Waals surface area contributed by atoms with E-state index in [1.54, 1.807) is 4.90 Å². The minimum absolute atomic E-state index is 0.132. The van der Waals surface area contributed by atoms with Crippen molar-refractivity contribution in [1.82, 2.24) is 24.8 Å². The van der Waals surface area contributed by atoms with Crippen LogP contribution in [-0.2, 0) is 6.18 Å². The number of rotatable bonds is 5. The van der Waals surface area contributed by atoms with Gasteiger partial charge in [0.25, 0.3) is 5.56 Å². The largest absolute Gasteiger partial charge is 0.508 e. The Kier molecular flexibility index (Phi) is 5.76. The molecule has 3 aromatic rings. The summed E-state index contributed by atoms with van der Waals surface area (Å²) in [4.78, 5) is 26.2. The highest BCUT2D eigenvalue weighted by molar-refractivity contribution is 6.31. The molecule has 4 atom stereocenters. The van der Waals surface area contributed by atoms with Gasteiger partial charge in [-0.2, -0.15) is 23.1 Å². The molecule has 4 aliphatic rings. The molecule has 0 aliphatic carbocycles. The van der Waals surface area contributed by atoms with E-state index in [-0.39, 0.29) is 41.8 Å². The maximum atomic E-state index is 14.9. The molecule has 2 bridgehead atoms. The van der Waals surface area contributed by atoms with Crippen LogP contribution in [0.25, 0.3) is 16.6 Å². The predicted molar refractivity (Wildman–Crippen MR) is 148 cm³/mol. The van der Waals surface area contributed by atoms with Gasteiger partial charge < -0.3 is 20.1 Å². The Balaban J connectivity index is 1.39. The third-order valence-electron chi connectivity index (χ3n) is 8.63. The zero-order chi connectivity index (χ0) is 32.1. The molecule has 42 heavy (non-hydrogen) atoms. The van der Waals surface area contributed by atoms with E-state index < -0.39 is 64.4 Å². The molecule has 9 nitrogen and oxygen atoms in total. The monoisotopic (exact) mass is 611 g/mol. The molecule has 6 heterocycles. The Morgan fingerprint density at radius 1 is 1.24 bits per heavy atom. The fourth-order valence-corrected chi connectivity index (χ4v) is 7.13. The molecule has 4 fully saturated rings. The van der Waals surface area contributed by atoms with Crippen LogP contribution in [0.2, 0.25) is 5.02 Å². The van der Waals surface area contributed by atoms with Gasteiger partial charge in [0.05, 0.1) is 31.3 Å². The molecule has 0 radical (unpaired) electrons. The van der Waals surface area contributed by atoms with Crippen molar-refractivity contribution in [3.8, 4) is 17.4 Å². The number of fused-ring (bicyclic) bond motifs is 4. The quantitative estimate of drug-likeness (QED) is 0.417. The summed E-state index contributed by atoms with van der Waals surface area (Å²) in [5.41, 5.74) is -4.90. The molecule has 4 saturated heterocycles. The van der Waals surface area contributed by atoms with Crippen molar-refractivity contribution < 1.29 is 31.5 Å². The van der Waals surface area contributed by atoms with Crippen LogP contribution in [0.3, 0.4) is 0 Å². The maximum absolute atomic E-state index is 14.9. The van der Waals surface area contributed by atoms with Gasteiger partial charge in [-0.3, -0.25) is 14.3 Å². The standard InChI is InChI=1S/C28H29ClF4N6O3/c29-20-8-18(40)9-21(22(20)28(31,32)33)39-7-4-19-23(25(39)41)35-26(36-24(19)37-12-16-2-3-17(13-37)34-16)42-14-27-5-1-6-38(27)11-15(30)10-27/h4,7-9,15-17,34,40H,1-3,5-6,10-14H2/t15-,16-,17+,27+/m1/s1/i14D2,15D.